The lowest BCUT2D eigenvalue weighted by atomic mass is 9.98. The van der Waals surface area contributed by atoms with Gasteiger partial charge in [-0.2, -0.15) is 0 Å². The maximum Gasteiger partial charge on any atom is 0.326 e. The van der Waals surface area contributed by atoms with Crippen molar-refractivity contribution in [2.45, 2.75) is 141 Å². The lowest BCUT2D eigenvalue weighted by molar-refractivity contribution is -0.144. The molecule has 2 aromatic rings. The van der Waals surface area contributed by atoms with Gasteiger partial charge >= 0.3 is 5.97 Å². The van der Waals surface area contributed by atoms with E-state index in [1.807, 2.05) is 0 Å². The molecule has 22 heteroatoms. The summed E-state index contributed by atoms with van der Waals surface area (Å²) in [4.78, 5) is 124. The normalized spacial score (nSPS) is 14.4. The standard InChI is InChI=1S/C48H74N12O10/c1-6-29(4)40(47(69)70)60-45(67)37(27-38(50)62)59-41(63)33(21-13-15-23-49)55-43(65)35(25-31-17-9-7-10-18-31)58-44(66)36(26-32-19-11-8-12-20-32)57-42(64)34(22-14-16-24-53-48(51)52)56-46(68)39(28(2)3)54-30(5)61/h7-12,17-20,28-29,33-37,39-40H,6,13-16,21-27,49H2,1-5H3,(H2,50,62)(H,54,61)(H,55,65)(H,56,68)(H,57,64)(H,58,66)(H,59,63)(H,60,67)(H,69,70)(H4,51,52,53)/t29-,33-,34-,35-,36-,37-,39-,40-/m0/s1. The molecule has 0 aliphatic rings. The highest BCUT2D eigenvalue weighted by Crippen LogP contribution is 2.13. The average molecular weight is 979 g/mol. The van der Waals surface area contributed by atoms with Crippen LogP contribution < -0.4 is 60.2 Å². The Morgan fingerprint density at radius 2 is 0.986 bits per heavy atom. The van der Waals surface area contributed by atoms with E-state index >= 15 is 0 Å². The number of guanidine groups is 1. The number of carboxylic acids is 1. The van der Waals surface area contributed by atoms with Gasteiger partial charge in [0.05, 0.1) is 6.42 Å². The van der Waals surface area contributed by atoms with Crippen LogP contribution in [0.3, 0.4) is 0 Å². The number of carbonyl (C=O) groups is 9. The molecule has 8 amide bonds. The number of aliphatic imine (C=N–C) groups is 1. The third-order valence-electron chi connectivity index (χ3n) is 11.4. The summed E-state index contributed by atoms with van der Waals surface area (Å²) in [5.74, 6) is -8.57. The zero-order valence-corrected chi connectivity index (χ0v) is 40.8. The van der Waals surface area contributed by atoms with Gasteiger partial charge in [-0.05, 0) is 68.0 Å². The number of carbonyl (C=O) groups excluding carboxylic acids is 8. The summed E-state index contributed by atoms with van der Waals surface area (Å²) in [6.07, 6.45) is 1.22. The quantitative estimate of drug-likeness (QED) is 0.0241. The van der Waals surface area contributed by atoms with E-state index in [1.165, 1.54) is 6.92 Å². The van der Waals surface area contributed by atoms with E-state index in [1.54, 1.807) is 88.4 Å². The van der Waals surface area contributed by atoms with Gasteiger partial charge in [0.2, 0.25) is 47.3 Å². The second-order valence-corrected chi connectivity index (χ2v) is 17.6. The van der Waals surface area contributed by atoms with Gasteiger partial charge in [0, 0.05) is 26.3 Å². The molecule has 0 heterocycles. The molecule has 0 aromatic heterocycles. The number of unbranched alkanes of at least 4 members (excludes halogenated alkanes) is 2. The summed E-state index contributed by atoms with van der Waals surface area (Å²) in [6.45, 7) is 8.57. The number of aliphatic carboxylic acids is 1. The molecular formula is C48H74N12O10. The molecule has 16 N–H and O–H groups in total. The van der Waals surface area contributed by atoms with E-state index in [0.29, 0.717) is 43.2 Å². The number of benzene rings is 2. The Labute approximate surface area is 409 Å². The molecule has 2 rings (SSSR count). The van der Waals surface area contributed by atoms with Gasteiger partial charge in [0.25, 0.3) is 0 Å². The van der Waals surface area contributed by atoms with Crippen LogP contribution in [-0.2, 0) is 56.0 Å². The number of nitrogens with one attached hydrogen (secondary N) is 7. The van der Waals surface area contributed by atoms with Crippen molar-refractivity contribution in [2.24, 2.45) is 39.8 Å². The van der Waals surface area contributed by atoms with Crippen LogP contribution >= 0.6 is 0 Å². The van der Waals surface area contributed by atoms with E-state index in [9.17, 15) is 48.3 Å². The minimum absolute atomic E-state index is 0.00165. The molecule has 0 aliphatic heterocycles. The van der Waals surface area contributed by atoms with E-state index in [2.05, 4.69) is 42.2 Å². The summed E-state index contributed by atoms with van der Waals surface area (Å²) in [5, 5.41) is 28.2. The van der Waals surface area contributed by atoms with Crippen LogP contribution in [0.25, 0.3) is 0 Å². The fraction of sp³-hybridized carbons (Fsp3) is 0.542. The fourth-order valence-corrected chi connectivity index (χ4v) is 7.27. The van der Waals surface area contributed by atoms with Crippen LogP contribution in [0.15, 0.2) is 65.7 Å². The van der Waals surface area contributed by atoms with Crippen molar-refractivity contribution in [3.8, 4) is 0 Å². The van der Waals surface area contributed by atoms with Gasteiger partial charge in [-0.1, -0.05) is 94.8 Å². The second kappa shape index (κ2) is 31.1. The van der Waals surface area contributed by atoms with Gasteiger partial charge < -0.3 is 65.3 Å². The highest BCUT2D eigenvalue weighted by atomic mass is 16.4. The molecular weight excluding hydrogens is 905 g/mol. The summed E-state index contributed by atoms with van der Waals surface area (Å²) in [5.41, 5.74) is 23.4. The monoisotopic (exact) mass is 979 g/mol. The van der Waals surface area contributed by atoms with E-state index in [4.69, 9.17) is 22.9 Å². The van der Waals surface area contributed by atoms with Gasteiger partial charge in [-0.15, -0.1) is 0 Å². The molecule has 70 heavy (non-hydrogen) atoms. The second-order valence-electron chi connectivity index (χ2n) is 17.6. The molecule has 0 radical (unpaired) electrons. The first kappa shape index (κ1) is 59.0. The van der Waals surface area contributed by atoms with Gasteiger partial charge in [-0.25, -0.2) is 4.79 Å². The van der Waals surface area contributed by atoms with Crippen LogP contribution in [-0.4, -0.2) is 120 Å². The van der Waals surface area contributed by atoms with E-state index in [-0.39, 0.29) is 50.7 Å². The lowest BCUT2D eigenvalue weighted by Gasteiger charge is -2.28. The molecule has 0 fully saturated rings. The molecule has 386 valence electrons. The number of primary amides is 1. The summed E-state index contributed by atoms with van der Waals surface area (Å²) < 4.78 is 0. The third-order valence-corrected chi connectivity index (χ3v) is 11.4. The lowest BCUT2D eigenvalue weighted by Crippen LogP contribution is -2.61. The van der Waals surface area contributed by atoms with Gasteiger partial charge in [0.1, 0.15) is 42.3 Å². The van der Waals surface area contributed by atoms with Crippen LogP contribution in [0.5, 0.6) is 0 Å². The zero-order valence-electron chi connectivity index (χ0n) is 40.8. The predicted molar refractivity (Wildman–Crippen MR) is 263 cm³/mol. The number of amides is 8. The first-order valence-electron chi connectivity index (χ1n) is 23.6. The number of hydrogen-bond donors (Lipinski definition) is 12. The predicted octanol–water partition coefficient (Wildman–Crippen LogP) is -0.880. The number of hydrogen-bond acceptors (Lipinski definition) is 11. The van der Waals surface area contributed by atoms with Crippen LogP contribution in [0.2, 0.25) is 0 Å². The fourth-order valence-electron chi connectivity index (χ4n) is 7.27. The average Bonchev–Trinajstić information content (AvgIpc) is 3.30. The minimum Gasteiger partial charge on any atom is -0.480 e. The van der Waals surface area contributed by atoms with Gasteiger partial charge in [-0.3, -0.25) is 43.3 Å². The Balaban J connectivity index is 2.56. The Morgan fingerprint density at radius 1 is 0.557 bits per heavy atom. The molecule has 2 aromatic carbocycles. The summed E-state index contributed by atoms with van der Waals surface area (Å²) in [6, 6.07) is 8.22. The molecule has 8 atom stereocenters. The Bertz CT molecular complexity index is 2070. The number of nitrogens with two attached hydrogens (primary N) is 4. The molecule has 0 spiro atoms. The van der Waals surface area contributed by atoms with Crippen molar-refractivity contribution < 1.29 is 48.3 Å². The molecule has 0 unspecified atom stereocenters. The van der Waals surface area contributed by atoms with Gasteiger partial charge in [0.15, 0.2) is 5.96 Å². The maximum absolute atomic E-state index is 14.6. The molecule has 0 aliphatic carbocycles. The van der Waals surface area contributed by atoms with E-state index in [0.717, 1.165) is 0 Å². The largest absolute Gasteiger partial charge is 0.480 e. The Kier molecular flexibility index (Phi) is 26.2. The number of rotatable bonds is 32. The van der Waals surface area contributed by atoms with E-state index < -0.39 is 108 Å². The van der Waals surface area contributed by atoms with Crippen molar-refractivity contribution in [1.29, 1.82) is 0 Å². The number of carboxylic acid groups (broad SMARTS) is 1. The van der Waals surface area contributed by atoms with Crippen LogP contribution in [0, 0.1) is 11.8 Å². The summed E-state index contributed by atoms with van der Waals surface area (Å²) >= 11 is 0. The minimum atomic E-state index is -1.61. The van der Waals surface area contributed by atoms with Crippen LogP contribution in [0.1, 0.15) is 97.1 Å². The van der Waals surface area contributed by atoms with Crippen LogP contribution in [0.4, 0.5) is 0 Å². The van der Waals surface area contributed by atoms with Crippen molar-refractivity contribution in [1.82, 2.24) is 37.2 Å². The molecule has 0 saturated carbocycles. The SMILES string of the molecule is CC[C@H](C)[C@H](NC(=O)[C@H](CC(N)=O)NC(=O)[C@H](CCCCN)NC(=O)[C@H](Cc1ccccc1)NC(=O)[C@H](Cc1ccccc1)NC(=O)[C@H](CCCCN=C(N)N)NC(=O)[C@@H](NC(C)=O)C(C)C)C(=O)O. The third kappa shape index (κ3) is 21.9. The first-order valence-corrected chi connectivity index (χ1v) is 23.6. The maximum atomic E-state index is 14.6. The van der Waals surface area contributed by atoms with Crippen molar-refractivity contribution in [3.05, 3.63) is 71.8 Å². The summed E-state index contributed by atoms with van der Waals surface area (Å²) in [7, 11) is 0. The topological polar surface area (TPSA) is 375 Å². The Hall–Kier alpha value is -7.10. The van der Waals surface area contributed by atoms with Crippen molar-refractivity contribution >= 4 is 59.2 Å². The first-order chi connectivity index (χ1) is 33.2. The number of nitrogens with zero attached hydrogens (tertiary/aromatic N) is 1. The highest BCUT2D eigenvalue weighted by molar-refractivity contribution is 5.98. The smallest absolute Gasteiger partial charge is 0.326 e. The molecule has 22 nitrogen and oxygen atoms in total. The molecule has 0 bridgehead atoms. The molecule has 0 saturated heterocycles. The Morgan fingerprint density at radius 3 is 1.40 bits per heavy atom. The van der Waals surface area contributed by atoms with Crippen molar-refractivity contribution in [3.63, 3.8) is 0 Å². The van der Waals surface area contributed by atoms with Crippen molar-refractivity contribution in [2.75, 3.05) is 13.1 Å². The highest BCUT2D eigenvalue weighted by Gasteiger charge is 2.35. The zero-order chi connectivity index (χ0) is 52.3.